The molecule has 1 aromatic heterocycles. The Labute approximate surface area is 187 Å². The zero-order valence-corrected chi connectivity index (χ0v) is 18.3. The highest BCUT2D eigenvalue weighted by atomic mass is 19.1. The molecule has 2 saturated heterocycles. The molecule has 3 amide bonds. The van der Waals surface area contributed by atoms with E-state index in [1.807, 2.05) is 24.0 Å². The molecular formula is C23H29FN6O2. The van der Waals surface area contributed by atoms with E-state index in [4.69, 9.17) is 0 Å². The molecule has 0 spiro atoms. The Morgan fingerprint density at radius 2 is 1.75 bits per heavy atom. The lowest BCUT2D eigenvalue weighted by Gasteiger charge is -2.37. The maximum atomic E-state index is 13.3. The zero-order chi connectivity index (χ0) is 22.5. The van der Waals surface area contributed by atoms with Crippen molar-refractivity contribution in [2.24, 2.45) is 0 Å². The Hall–Kier alpha value is -3.20. The van der Waals surface area contributed by atoms with Gasteiger partial charge in [0.2, 0.25) is 5.91 Å². The van der Waals surface area contributed by atoms with Crippen LogP contribution in [0.3, 0.4) is 0 Å². The lowest BCUT2D eigenvalue weighted by atomic mass is 10.2. The Kier molecular flexibility index (Phi) is 6.84. The van der Waals surface area contributed by atoms with Gasteiger partial charge >= 0.3 is 6.03 Å². The largest absolute Gasteiger partial charge is 0.355 e. The third kappa shape index (κ3) is 5.16. The van der Waals surface area contributed by atoms with E-state index in [9.17, 15) is 14.0 Å². The lowest BCUT2D eigenvalue weighted by molar-refractivity contribution is -0.121. The van der Waals surface area contributed by atoms with E-state index < -0.39 is 5.82 Å². The second kappa shape index (κ2) is 9.95. The maximum absolute atomic E-state index is 13.3. The zero-order valence-electron chi connectivity index (χ0n) is 18.3. The monoisotopic (exact) mass is 440 g/mol. The summed E-state index contributed by atoms with van der Waals surface area (Å²) in [6.07, 6.45) is 4.02. The van der Waals surface area contributed by atoms with E-state index >= 15 is 0 Å². The normalized spacial score (nSPS) is 17.8. The minimum Gasteiger partial charge on any atom is -0.355 e. The Morgan fingerprint density at radius 1 is 1.00 bits per heavy atom. The van der Waals surface area contributed by atoms with Crippen LogP contribution < -0.4 is 15.5 Å². The number of aromatic nitrogens is 1. The molecule has 1 atom stereocenters. The van der Waals surface area contributed by atoms with E-state index in [0.29, 0.717) is 31.9 Å². The third-order valence-corrected chi connectivity index (χ3v) is 6.05. The summed E-state index contributed by atoms with van der Waals surface area (Å²) in [5.41, 5.74) is 1.16. The highest BCUT2D eigenvalue weighted by molar-refractivity contribution is 5.95. The van der Waals surface area contributed by atoms with Gasteiger partial charge in [-0.15, -0.1) is 0 Å². The van der Waals surface area contributed by atoms with Gasteiger partial charge in [0.05, 0.1) is 11.7 Å². The topological polar surface area (TPSA) is 80.8 Å². The van der Waals surface area contributed by atoms with Crippen molar-refractivity contribution in [1.82, 2.24) is 14.8 Å². The summed E-state index contributed by atoms with van der Waals surface area (Å²) in [6.45, 7) is 5.92. The summed E-state index contributed by atoms with van der Waals surface area (Å²) in [4.78, 5) is 35.9. The van der Waals surface area contributed by atoms with E-state index in [2.05, 4.69) is 20.5 Å². The molecule has 2 aliphatic rings. The SMILES string of the molecule is C[C@H](C(=O)Nc1cccc(F)c1)N1CCN(C(=O)Nc2cccnc2N2CCCC2)CC1. The molecule has 170 valence electrons. The molecule has 0 bridgehead atoms. The van der Waals surface area contributed by atoms with Gasteiger partial charge < -0.3 is 20.4 Å². The number of urea groups is 1. The van der Waals surface area contributed by atoms with Gasteiger partial charge in [-0.3, -0.25) is 9.69 Å². The fourth-order valence-corrected chi connectivity index (χ4v) is 4.16. The molecule has 9 heteroatoms. The summed E-state index contributed by atoms with van der Waals surface area (Å²) in [5.74, 6) is 0.232. The van der Waals surface area contributed by atoms with Crippen LogP contribution in [0.4, 0.5) is 26.4 Å². The Bertz CT molecular complexity index is 957. The van der Waals surface area contributed by atoms with Gasteiger partial charge in [-0.25, -0.2) is 14.2 Å². The molecule has 2 aliphatic heterocycles. The van der Waals surface area contributed by atoms with Crippen molar-refractivity contribution in [3.05, 3.63) is 48.4 Å². The summed E-state index contributed by atoms with van der Waals surface area (Å²) in [6, 6.07) is 9.01. The molecular weight excluding hydrogens is 411 g/mol. The van der Waals surface area contributed by atoms with Crippen LogP contribution in [-0.4, -0.2) is 72.0 Å². The first kappa shape index (κ1) is 22.0. The summed E-state index contributed by atoms with van der Waals surface area (Å²) < 4.78 is 13.3. The van der Waals surface area contributed by atoms with E-state index in [1.54, 1.807) is 23.2 Å². The first-order valence-electron chi connectivity index (χ1n) is 11.1. The quantitative estimate of drug-likeness (QED) is 0.747. The van der Waals surface area contributed by atoms with Crippen molar-refractivity contribution in [1.29, 1.82) is 0 Å². The maximum Gasteiger partial charge on any atom is 0.322 e. The number of nitrogens with one attached hydrogen (secondary N) is 2. The van der Waals surface area contributed by atoms with E-state index in [-0.39, 0.29) is 18.0 Å². The third-order valence-electron chi connectivity index (χ3n) is 6.05. The number of carbonyl (C=O) groups is 2. The number of nitrogens with zero attached hydrogens (tertiary/aromatic N) is 4. The number of carbonyl (C=O) groups excluding carboxylic acids is 2. The molecule has 4 rings (SSSR count). The minimum atomic E-state index is -0.392. The first-order valence-corrected chi connectivity index (χ1v) is 11.1. The Balaban J connectivity index is 1.30. The van der Waals surface area contributed by atoms with Gasteiger partial charge in [0.15, 0.2) is 5.82 Å². The van der Waals surface area contributed by atoms with Crippen molar-refractivity contribution in [3.63, 3.8) is 0 Å². The number of rotatable bonds is 5. The number of piperazine rings is 1. The molecule has 0 saturated carbocycles. The second-order valence-corrected chi connectivity index (χ2v) is 8.20. The van der Waals surface area contributed by atoms with Crippen molar-refractivity contribution in [2.45, 2.75) is 25.8 Å². The van der Waals surface area contributed by atoms with E-state index in [0.717, 1.165) is 37.4 Å². The standard InChI is InChI=1S/C23H29FN6O2/c1-17(22(31)26-19-7-4-6-18(24)16-19)28-12-14-30(15-13-28)23(32)27-20-8-5-9-25-21(20)29-10-2-3-11-29/h4-9,16-17H,2-3,10-15H2,1H3,(H,26,31)(H,27,32)/t17-/m1/s1. The summed E-state index contributed by atoms with van der Waals surface area (Å²) in [7, 11) is 0. The van der Waals surface area contributed by atoms with Crippen molar-refractivity contribution < 1.29 is 14.0 Å². The molecule has 0 aliphatic carbocycles. The number of pyridine rings is 1. The lowest BCUT2D eigenvalue weighted by Crippen LogP contribution is -2.54. The highest BCUT2D eigenvalue weighted by Gasteiger charge is 2.28. The molecule has 2 N–H and O–H groups in total. The molecule has 0 radical (unpaired) electrons. The second-order valence-electron chi connectivity index (χ2n) is 8.20. The van der Waals surface area contributed by atoms with Gasteiger partial charge in [-0.2, -0.15) is 0 Å². The van der Waals surface area contributed by atoms with Crippen LogP contribution in [0.1, 0.15) is 19.8 Å². The number of anilines is 3. The van der Waals surface area contributed by atoms with Crippen LogP contribution in [0.25, 0.3) is 0 Å². The van der Waals surface area contributed by atoms with E-state index in [1.165, 1.54) is 12.1 Å². The summed E-state index contributed by atoms with van der Waals surface area (Å²) >= 11 is 0. The van der Waals surface area contributed by atoms with Crippen molar-refractivity contribution in [3.8, 4) is 0 Å². The Morgan fingerprint density at radius 3 is 2.47 bits per heavy atom. The predicted molar refractivity (Wildman–Crippen MR) is 122 cm³/mol. The predicted octanol–water partition coefficient (Wildman–Crippen LogP) is 3.00. The van der Waals surface area contributed by atoms with Gasteiger partial charge in [0.25, 0.3) is 0 Å². The summed E-state index contributed by atoms with van der Waals surface area (Å²) in [5, 5.41) is 5.77. The average molecular weight is 441 g/mol. The number of benzene rings is 1. The molecule has 2 aromatic rings. The van der Waals surface area contributed by atoms with Gasteiger partial charge in [-0.05, 0) is 50.1 Å². The molecule has 32 heavy (non-hydrogen) atoms. The number of amides is 3. The molecule has 2 fully saturated rings. The van der Waals surface area contributed by atoms with Gasteiger partial charge in [0.1, 0.15) is 5.82 Å². The molecule has 8 nitrogen and oxygen atoms in total. The smallest absolute Gasteiger partial charge is 0.322 e. The van der Waals surface area contributed by atoms with Crippen LogP contribution in [0.5, 0.6) is 0 Å². The molecule has 1 aromatic carbocycles. The average Bonchev–Trinajstić information content (AvgIpc) is 3.34. The van der Waals surface area contributed by atoms with Crippen molar-refractivity contribution in [2.75, 3.05) is 54.8 Å². The molecule has 3 heterocycles. The fraction of sp³-hybridized carbons (Fsp3) is 0.435. The fourth-order valence-electron chi connectivity index (χ4n) is 4.16. The highest BCUT2D eigenvalue weighted by Crippen LogP contribution is 2.26. The first-order chi connectivity index (χ1) is 15.5. The minimum absolute atomic E-state index is 0.157. The van der Waals surface area contributed by atoms with Crippen LogP contribution in [0.15, 0.2) is 42.6 Å². The van der Waals surface area contributed by atoms with Crippen molar-refractivity contribution >= 4 is 29.1 Å². The van der Waals surface area contributed by atoms with Crippen LogP contribution in [0.2, 0.25) is 0 Å². The number of halogens is 1. The van der Waals surface area contributed by atoms with Crippen LogP contribution >= 0.6 is 0 Å². The number of hydrogen-bond donors (Lipinski definition) is 2. The van der Waals surface area contributed by atoms with Crippen LogP contribution in [-0.2, 0) is 4.79 Å². The number of hydrogen-bond acceptors (Lipinski definition) is 5. The van der Waals surface area contributed by atoms with Gasteiger partial charge in [0, 0.05) is 51.2 Å². The molecule has 0 unspecified atom stereocenters. The van der Waals surface area contributed by atoms with Gasteiger partial charge in [-0.1, -0.05) is 6.07 Å². The van der Waals surface area contributed by atoms with Crippen LogP contribution in [0, 0.1) is 5.82 Å².